The number of hydrogen-bond acceptors (Lipinski definition) is 0. The first-order chi connectivity index (χ1) is 21.8. The molecule has 0 heteroatoms. The Kier molecular flexibility index (Phi) is 10.0. The lowest BCUT2D eigenvalue weighted by molar-refractivity contribution is 0.0112. The van der Waals surface area contributed by atoms with E-state index >= 15 is 0 Å². The van der Waals surface area contributed by atoms with Crippen LogP contribution in [0.25, 0.3) is 0 Å². The SMILES string of the molecule is C(=C\C1C2CCCCC2CC2CCCCC21)/C1CCC(C2CCC(/C=C/C3C4CCCCC4CC4CCCCC43)CC2)CC1. The van der Waals surface area contributed by atoms with E-state index in [0.717, 1.165) is 82.9 Å². The molecule has 0 N–H and O–H groups in total. The van der Waals surface area contributed by atoms with E-state index in [1.165, 1.54) is 103 Å². The van der Waals surface area contributed by atoms with E-state index in [9.17, 15) is 0 Å². The summed E-state index contributed by atoms with van der Waals surface area (Å²) in [6.07, 6.45) is 51.4. The highest BCUT2D eigenvalue weighted by atomic mass is 14.5. The molecule has 0 bridgehead atoms. The van der Waals surface area contributed by atoms with Gasteiger partial charge in [0, 0.05) is 0 Å². The van der Waals surface area contributed by atoms with Crippen LogP contribution in [0.15, 0.2) is 24.3 Å². The quantitative estimate of drug-likeness (QED) is 0.276. The van der Waals surface area contributed by atoms with Crippen LogP contribution in [0, 0.1) is 82.9 Å². The highest BCUT2D eigenvalue weighted by Gasteiger charge is 2.46. The Morgan fingerprint density at radius 3 is 0.864 bits per heavy atom. The summed E-state index contributed by atoms with van der Waals surface area (Å²) < 4.78 is 0. The summed E-state index contributed by atoms with van der Waals surface area (Å²) in [7, 11) is 0. The van der Waals surface area contributed by atoms with Crippen molar-refractivity contribution in [1.82, 2.24) is 0 Å². The average Bonchev–Trinajstić information content (AvgIpc) is 3.09. The molecule has 8 rings (SSSR count). The molecule has 0 aromatic rings. The summed E-state index contributed by atoms with van der Waals surface area (Å²) in [5.41, 5.74) is 0. The Morgan fingerprint density at radius 2 is 0.545 bits per heavy atom. The molecule has 0 spiro atoms. The molecule has 0 amide bonds. The molecule has 0 aromatic heterocycles. The average molecular weight is 599 g/mol. The summed E-state index contributed by atoms with van der Waals surface area (Å²) in [6, 6.07) is 0. The third-order valence-electron chi connectivity index (χ3n) is 16.6. The van der Waals surface area contributed by atoms with E-state index in [0.29, 0.717) is 0 Å². The Labute approximate surface area is 273 Å². The number of allylic oxidation sites excluding steroid dienone is 4. The molecular formula is C44H70. The standard InChI is InChI=1S/C44H70/c1-5-13-39-35(9-1)29-36-10-2-6-14-40(36)43(39)27-21-31-17-23-33(24-18-31)34-25-19-32(20-26-34)22-28-44-41-15-7-3-11-37(41)30-38-12-4-8-16-42(38)44/h21-22,27-28,31-44H,1-20,23-26,29-30H2/b27-21+,28-22+. The van der Waals surface area contributed by atoms with Gasteiger partial charge in [-0.25, -0.2) is 0 Å². The molecule has 8 saturated carbocycles. The molecular weight excluding hydrogens is 528 g/mol. The summed E-state index contributed by atoms with van der Waals surface area (Å²) in [5, 5.41) is 0. The molecule has 8 unspecified atom stereocenters. The minimum atomic E-state index is 0.902. The fourth-order valence-corrected chi connectivity index (χ4v) is 14.3. The second kappa shape index (κ2) is 14.3. The Hall–Kier alpha value is -0.520. The van der Waals surface area contributed by atoms with Crippen LogP contribution in [0.3, 0.4) is 0 Å². The topological polar surface area (TPSA) is 0 Å². The molecule has 8 aliphatic rings. The summed E-state index contributed by atoms with van der Waals surface area (Å²) in [5.74, 6) is 14.3. The highest BCUT2D eigenvalue weighted by molar-refractivity contribution is 5.07. The van der Waals surface area contributed by atoms with Crippen molar-refractivity contribution in [1.29, 1.82) is 0 Å². The molecule has 0 saturated heterocycles. The highest BCUT2D eigenvalue weighted by Crippen LogP contribution is 2.55. The molecule has 246 valence electrons. The Balaban J connectivity index is 0.821. The van der Waals surface area contributed by atoms with Crippen molar-refractivity contribution in [3.8, 4) is 0 Å². The maximum Gasteiger partial charge on any atom is -0.0171 e. The van der Waals surface area contributed by atoms with E-state index in [2.05, 4.69) is 24.3 Å². The number of hydrogen-bond donors (Lipinski definition) is 0. The molecule has 8 fully saturated rings. The van der Waals surface area contributed by atoms with Crippen LogP contribution in [0.5, 0.6) is 0 Å². The smallest absolute Gasteiger partial charge is 0.0171 e. The molecule has 8 atom stereocenters. The van der Waals surface area contributed by atoms with E-state index in [4.69, 9.17) is 0 Å². The van der Waals surface area contributed by atoms with Gasteiger partial charge in [-0.15, -0.1) is 0 Å². The van der Waals surface area contributed by atoms with Crippen molar-refractivity contribution < 1.29 is 0 Å². The van der Waals surface area contributed by atoms with Gasteiger partial charge in [-0.3, -0.25) is 0 Å². The Morgan fingerprint density at radius 1 is 0.250 bits per heavy atom. The van der Waals surface area contributed by atoms with Gasteiger partial charge in [0.15, 0.2) is 0 Å². The summed E-state index contributed by atoms with van der Waals surface area (Å²) >= 11 is 0. The van der Waals surface area contributed by atoms with Gasteiger partial charge in [0.25, 0.3) is 0 Å². The molecule has 0 aromatic carbocycles. The summed E-state index contributed by atoms with van der Waals surface area (Å²) in [6.45, 7) is 0. The monoisotopic (exact) mass is 599 g/mol. The number of fused-ring (bicyclic) bond motifs is 4. The van der Waals surface area contributed by atoms with E-state index < -0.39 is 0 Å². The summed E-state index contributed by atoms with van der Waals surface area (Å²) in [4.78, 5) is 0. The zero-order valence-corrected chi connectivity index (χ0v) is 28.8. The predicted molar refractivity (Wildman–Crippen MR) is 187 cm³/mol. The van der Waals surface area contributed by atoms with E-state index in [1.54, 1.807) is 64.2 Å². The first-order valence-electron chi connectivity index (χ1n) is 21.2. The van der Waals surface area contributed by atoms with Crippen molar-refractivity contribution in [2.75, 3.05) is 0 Å². The van der Waals surface area contributed by atoms with Gasteiger partial charge in [-0.05, 0) is 173 Å². The van der Waals surface area contributed by atoms with Gasteiger partial charge in [-0.2, -0.15) is 0 Å². The second-order valence-corrected chi connectivity index (χ2v) is 18.6. The van der Waals surface area contributed by atoms with Gasteiger partial charge in [0.1, 0.15) is 0 Å². The van der Waals surface area contributed by atoms with Crippen LogP contribution in [-0.2, 0) is 0 Å². The first kappa shape index (κ1) is 30.8. The minimum Gasteiger partial charge on any atom is -0.0851 e. The maximum atomic E-state index is 2.87. The van der Waals surface area contributed by atoms with Crippen molar-refractivity contribution in [2.45, 2.75) is 167 Å². The molecule has 8 aliphatic carbocycles. The largest absolute Gasteiger partial charge is 0.0851 e. The van der Waals surface area contributed by atoms with E-state index in [-0.39, 0.29) is 0 Å². The van der Waals surface area contributed by atoms with Crippen LogP contribution in [0.2, 0.25) is 0 Å². The lowest BCUT2D eigenvalue weighted by Crippen LogP contribution is -2.42. The van der Waals surface area contributed by atoms with Gasteiger partial charge in [0.05, 0.1) is 0 Å². The van der Waals surface area contributed by atoms with Crippen LogP contribution >= 0.6 is 0 Å². The fourth-order valence-electron chi connectivity index (χ4n) is 14.3. The van der Waals surface area contributed by atoms with Crippen molar-refractivity contribution in [2.24, 2.45) is 82.9 Å². The van der Waals surface area contributed by atoms with Crippen LogP contribution < -0.4 is 0 Å². The first-order valence-corrected chi connectivity index (χ1v) is 21.2. The zero-order chi connectivity index (χ0) is 29.3. The van der Waals surface area contributed by atoms with Gasteiger partial charge in [0.2, 0.25) is 0 Å². The van der Waals surface area contributed by atoms with Crippen molar-refractivity contribution in [3.05, 3.63) is 24.3 Å². The predicted octanol–water partition coefficient (Wildman–Crippen LogP) is 13.0. The molecule has 0 aliphatic heterocycles. The third kappa shape index (κ3) is 6.60. The Bertz CT molecular complexity index is 835. The van der Waals surface area contributed by atoms with E-state index in [1.807, 2.05) is 0 Å². The molecule has 0 heterocycles. The minimum absolute atomic E-state index is 0.902. The van der Waals surface area contributed by atoms with Crippen LogP contribution in [0.4, 0.5) is 0 Å². The van der Waals surface area contributed by atoms with Gasteiger partial charge >= 0.3 is 0 Å². The fraction of sp³-hybridized carbons (Fsp3) is 0.909. The van der Waals surface area contributed by atoms with Gasteiger partial charge in [-0.1, -0.05) is 101 Å². The molecule has 0 nitrogen and oxygen atoms in total. The van der Waals surface area contributed by atoms with Crippen molar-refractivity contribution in [3.63, 3.8) is 0 Å². The lowest BCUT2D eigenvalue weighted by atomic mass is 9.54. The zero-order valence-electron chi connectivity index (χ0n) is 28.8. The van der Waals surface area contributed by atoms with Crippen molar-refractivity contribution >= 4 is 0 Å². The van der Waals surface area contributed by atoms with Crippen LogP contribution in [0.1, 0.15) is 167 Å². The third-order valence-corrected chi connectivity index (χ3v) is 16.6. The molecule has 0 radical (unpaired) electrons. The number of rotatable bonds is 5. The lowest BCUT2D eigenvalue weighted by Gasteiger charge is -2.51. The molecule has 44 heavy (non-hydrogen) atoms. The normalized spacial score (nSPS) is 50.0. The van der Waals surface area contributed by atoms with Crippen LogP contribution in [-0.4, -0.2) is 0 Å². The second-order valence-electron chi connectivity index (χ2n) is 18.6. The maximum absolute atomic E-state index is 2.87. The van der Waals surface area contributed by atoms with Gasteiger partial charge < -0.3 is 0 Å².